The van der Waals surface area contributed by atoms with Gasteiger partial charge in [0.25, 0.3) is 0 Å². The first-order valence-corrected chi connectivity index (χ1v) is 6.50. The van der Waals surface area contributed by atoms with E-state index in [4.69, 9.17) is 10.2 Å². The number of aromatic nitrogens is 1. The minimum absolute atomic E-state index is 0.222. The fourth-order valence-electron chi connectivity index (χ4n) is 2.09. The lowest BCUT2D eigenvalue weighted by Crippen LogP contribution is -2.25. The van der Waals surface area contributed by atoms with E-state index in [1.165, 1.54) is 4.57 Å². The number of hydrogen-bond acceptors (Lipinski definition) is 4. The fraction of sp³-hybridized carbons (Fsp3) is 0.500. The largest absolute Gasteiger partial charge is 0.419 e. The molecule has 0 aliphatic heterocycles. The maximum absolute atomic E-state index is 11.4. The smallest absolute Gasteiger partial charge is 0.408 e. The Balaban J connectivity index is 2.13. The highest BCUT2D eigenvalue weighted by Crippen LogP contribution is 2.15. The van der Waals surface area contributed by atoms with Crippen LogP contribution in [0.15, 0.2) is 27.4 Å². The van der Waals surface area contributed by atoms with Gasteiger partial charge in [0.2, 0.25) is 0 Å². The summed E-state index contributed by atoms with van der Waals surface area (Å²) in [5.41, 5.74) is 8.39. The lowest BCUT2D eigenvalue weighted by molar-refractivity contribution is 0.313. The van der Waals surface area contributed by atoms with E-state index in [-0.39, 0.29) is 11.8 Å². The summed E-state index contributed by atoms with van der Waals surface area (Å²) in [6.45, 7) is 3.81. The number of nitrogens with two attached hydrogens (primary N) is 1. The van der Waals surface area contributed by atoms with Crippen molar-refractivity contribution in [2.45, 2.75) is 25.9 Å². The standard InChI is InChI=1S/C14H21N3O2/c1-10(15)6-7-16(2)9-11-4-5-13-12(8-11)17(3)14(18)19-13/h4-5,8,10H,6-7,9,15H2,1-3H3. The van der Waals surface area contributed by atoms with Gasteiger partial charge in [-0.1, -0.05) is 6.07 Å². The highest BCUT2D eigenvalue weighted by atomic mass is 16.4. The summed E-state index contributed by atoms with van der Waals surface area (Å²) in [6.07, 6.45) is 0.975. The zero-order valence-electron chi connectivity index (χ0n) is 11.7. The maximum Gasteiger partial charge on any atom is 0.419 e. The zero-order valence-corrected chi connectivity index (χ0v) is 11.7. The summed E-state index contributed by atoms with van der Waals surface area (Å²) < 4.78 is 6.64. The molecular weight excluding hydrogens is 242 g/mol. The van der Waals surface area contributed by atoms with Crippen LogP contribution in [0.25, 0.3) is 11.1 Å². The molecule has 0 radical (unpaired) electrons. The lowest BCUT2D eigenvalue weighted by Gasteiger charge is -2.17. The van der Waals surface area contributed by atoms with Crippen LogP contribution in [0.2, 0.25) is 0 Å². The van der Waals surface area contributed by atoms with E-state index in [0.29, 0.717) is 5.58 Å². The van der Waals surface area contributed by atoms with E-state index in [9.17, 15) is 4.79 Å². The number of benzene rings is 1. The SMILES string of the molecule is CC(N)CCN(C)Cc1ccc2oc(=O)n(C)c2c1. The molecule has 0 spiro atoms. The lowest BCUT2D eigenvalue weighted by atomic mass is 10.2. The normalized spacial score (nSPS) is 13.3. The quantitative estimate of drug-likeness (QED) is 0.883. The Morgan fingerprint density at radius 3 is 2.89 bits per heavy atom. The number of hydrogen-bond donors (Lipinski definition) is 1. The van der Waals surface area contributed by atoms with Gasteiger partial charge in [-0.15, -0.1) is 0 Å². The monoisotopic (exact) mass is 263 g/mol. The number of fused-ring (bicyclic) bond motifs is 1. The highest BCUT2D eigenvalue weighted by Gasteiger charge is 2.08. The molecule has 1 aromatic heterocycles. The molecule has 19 heavy (non-hydrogen) atoms. The fourth-order valence-corrected chi connectivity index (χ4v) is 2.09. The minimum atomic E-state index is -0.322. The van der Waals surface area contributed by atoms with E-state index in [0.717, 1.165) is 30.6 Å². The second-order valence-electron chi connectivity index (χ2n) is 5.23. The van der Waals surface area contributed by atoms with Crippen molar-refractivity contribution in [3.05, 3.63) is 34.3 Å². The number of nitrogens with zero attached hydrogens (tertiary/aromatic N) is 2. The number of rotatable bonds is 5. The predicted molar refractivity (Wildman–Crippen MR) is 76.1 cm³/mol. The Morgan fingerprint density at radius 1 is 1.47 bits per heavy atom. The first-order chi connectivity index (χ1) is 8.97. The molecule has 5 nitrogen and oxygen atoms in total. The molecule has 0 aliphatic carbocycles. The van der Waals surface area contributed by atoms with Crippen molar-refractivity contribution < 1.29 is 4.42 Å². The van der Waals surface area contributed by atoms with E-state index in [1.807, 2.05) is 25.1 Å². The van der Waals surface area contributed by atoms with Gasteiger partial charge in [-0.3, -0.25) is 4.57 Å². The van der Waals surface area contributed by atoms with Crippen molar-refractivity contribution in [1.29, 1.82) is 0 Å². The zero-order chi connectivity index (χ0) is 14.0. The molecule has 2 rings (SSSR count). The van der Waals surface area contributed by atoms with Gasteiger partial charge in [0.15, 0.2) is 5.58 Å². The number of aryl methyl sites for hydroxylation is 1. The molecule has 104 valence electrons. The summed E-state index contributed by atoms with van der Waals surface area (Å²) in [7, 11) is 3.79. The van der Waals surface area contributed by atoms with E-state index in [1.54, 1.807) is 7.05 Å². The van der Waals surface area contributed by atoms with Gasteiger partial charge in [0, 0.05) is 19.6 Å². The third kappa shape index (κ3) is 3.24. The molecule has 0 aliphatic rings. The topological polar surface area (TPSA) is 64.4 Å². The summed E-state index contributed by atoms with van der Waals surface area (Å²) >= 11 is 0. The van der Waals surface area contributed by atoms with E-state index < -0.39 is 0 Å². The second-order valence-corrected chi connectivity index (χ2v) is 5.23. The van der Waals surface area contributed by atoms with Gasteiger partial charge in [-0.2, -0.15) is 0 Å². The van der Waals surface area contributed by atoms with Crippen molar-refractivity contribution in [2.24, 2.45) is 12.8 Å². The maximum atomic E-state index is 11.4. The van der Waals surface area contributed by atoms with Gasteiger partial charge in [0.05, 0.1) is 5.52 Å². The van der Waals surface area contributed by atoms with Crippen molar-refractivity contribution in [3.63, 3.8) is 0 Å². The van der Waals surface area contributed by atoms with Crippen LogP contribution in [-0.4, -0.2) is 29.1 Å². The molecule has 5 heteroatoms. The van der Waals surface area contributed by atoms with Gasteiger partial charge in [-0.25, -0.2) is 4.79 Å². The molecule has 2 aromatic rings. The number of oxazole rings is 1. The molecule has 0 fully saturated rings. The summed E-state index contributed by atoms with van der Waals surface area (Å²) in [5, 5.41) is 0. The first-order valence-electron chi connectivity index (χ1n) is 6.50. The van der Waals surface area contributed by atoms with Crippen LogP contribution in [0.5, 0.6) is 0 Å². The van der Waals surface area contributed by atoms with Gasteiger partial charge < -0.3 is 15.1 Å². The van der Waals surface area contributed by atoms with Crippen molar-refractivity contribution in [2.75, 3.05) is 13.6 Å². The molecule has 2 N–H and O–H groups in total. The molecule has 0 saturated heterocycles. The van der Waals surface area contributed by atoms with Crippen LogP contribution in [0, 0.1) is 0 Å². The van der Waals surface area contributed by atoms with Crippen LogP contribution in [0.3, 0.4) is 0 Å². The second kappa shape index (κ2) is 5.59. The van der Waals surface area contributed by atoms with Gasteiger partial charge in [0.1, 0.15) is 0 Å². The van der Waals surface area contributed by atoms with Crippen molar-refractivity contribution in [1.82, 2.24) is 9.47 Å². The van der Waals surface area contributed by atoms with Crippen LogP contribution in [-0.2, 0) is 13.6 Å². The molecular formula is C14H21N3O2. The van der Waals surface area contributed by atoms with E-state index >= 15 is 0 Å². The molecule has 1 atom stereocenters. The molecule has 1 aromatic carbocycles. The Hall–Kier alpha value is -1.59. The Labute approximate surface area is 112 Å². The predicted octanol–water partition coefficient (Wildman–Crippen LogP) is 1.30. The van der Waals surface area contributed by atoms with Crippen LogP contribution >= 0.6 is 0 Å². The average Bonchev–Trinajstić information content (AvgIpc) is 2.63. The summed E-state index contributed by atoms with van der Waals surface area (Å²) in [5.74, 6) is -0.322. The third-order valence-corrected chi connectivity index (χ3v) is 3.27. The van der Waals surface area contributed by atoms with E-state index in [2.05, 4.69) is 11.9 Å². The minimum Gasteiger partial charge on any atom is -0.408 e. The molecule has 0 saturated carbocycles. The summed E-state index contributed by atoms with van der Waals surface area (Å²) in [4.78, 5) is 13.6. The van der Waals surface area contributed by atoms with Crippen LogP contribution in [0.1, 0.15) is 18.9 Å². The molecule has 0 bridgehead atoms. The van der Waals surface area contributed by atoms with Crippen LogP contribution < -0.4 is 11.5 Å². The Bertz CT molecular complexity index is 613. The molecule has 0 amide bonds. The van der Waals surface area contributed by atoms with Crippen LogP contribution in [0.4, 0.5) is 0 Å². The van der Waals surface area contributed by atoms with Crippen molar-refractivity contribution >= 4 is 11.1 Å². The summed E-state index contributed by atoms with van der Waals surface area (Å²) in [6, 6.07) is 6.07. The Kier molecular flexibility index (Phi) is 4.07. The van der Waals surface area contributed by atoms with Gasteiger partial charge >= 0.3 is 5.76 Å². The van der Waals surface area contributed by atoms with Gasteiger partial charge in [-0.05, 0) is 44.6 Å². The Morgan fingerprint density at radius 2 is 2.21 bits per heavy atom. The van der Waals surface area contributed by atoms with Crippen molar-refractivity contribution in [3.8, 4) is 0 Å². The first kappa shape index (κ1) is 13.8. The molecule has 1 heterocycles. The highest BCUT2D eigenvalue weighted by molar-refractivity contribution is 5.73. The molecule has 1 unspecified atom stereocenters. The third-order valence-electron chi connectivity index (χ3n) is 3.27. The average molecular weight is 263 g/mol.